The average Bonchev–Trinajstić information content (AvgIpc) is 3.69. The van der Waals surface area contributed by atoms with Gasteiger partial charge in [0.15, 0.2) is 0 Å². The van der Waals surface area contributed by atoms with Gasteiger partial charge in [-0.25, -0.2) is 0 Å². The molecular weight excluding hydrogens is 448 g/mol. The molecule has 0 saturated carbocycles. The number of fused-ring (bicyclic) bond motifs is 10. The van der Waals surface area contributed by atoms with E-state index in [1.807, 2.05) is 0 Å². The summed E-state index contributed by atoms with van der Waals surface area (Å²) in [6.45, 7) is 1.13. The molecule has 6 rings (SSSR count). The number of imide groups is 2. The van der Waals surface area contributed by atoms with Gasteiger partial charge >= 0.3 is 0 Å². The summed E-state index contributed by atoms with van der Waals surface area (Å²) in [5.41, 5.74) is 0. The van der Waals surface area contributed by atoms with Gasteiger partial charge in [-0.2, -0.15) is 0 Å². The van der Waals surface area contributed by atoms with Crippen molar-refractivity contribution in [3.63, 3.8) is 0 Å². The van der Waals surface area contributed by atoms with Gasteiger partial charge in [-0.1, -0.05) is 44.9 Å². The summed E-state index contributed by atoms with van der Waals surface area (Å²) in [7, 11) is 0. The van der Waals surface area contributed by atoms with E-state index in [1.165, 1.54) is 29.1 Å². The monoisotopic (exact) mass is 486 g/mol. The maximum Gasteiger partial charge on any atom is 0.235 e. The highest BCUT2D eigenvalue weighted by molar-refractivity contribution is 6.07. The first-order chi connectivity index (χ1) is 17.1. The van der Waals surface area contributed by atoms with E-state index in [0.29, 0.717) is 13.1 Å². The van der Waals surface area contributed by atoms with Crippen molar-refractivity contribution in [1.82, 2.24) is 9.80 Å². The number of rotatable bonds is 12. The van der Waals surface area contributed by atoms with Crippen LogP contribution in [0.1, 0.15) is 83.5 Å². The standard InChI is InChI=1S/C27H38N2O6/c30-24-20-16-10-11-17(34-16)21(20)25(31)28(24)14-8-6-4-2-1-3-5-7-9-15-29-26(32)22-18-12-13-19(35-18)23(22)27(29)33/h16-23H,1-15H2/t16-,17-,18+,19+,20?,21?,22?,23?. The summed E-state index contributed by atoms with van der Waals surface area (Å²) in [5, 5.41) is 0. The smallest absolute Gasteiger partial charge is 0.235 e. The van der Waals surface area contributed by atoms with Crippen LogP contribution in [0.3, 0.4) is 0 Å². The normalized spacial score (nSPS) is 39.0. The van der Waals surface area contributed by atoms with Gasteiger partial charge in [0.1, 0.15) is 0 Å². The Hall–Kier alpha value is -1.80. The first-order valence-corrected chi connectivity index (χ1v) is 14.1. The second-order valence-electron chi connectivity index (χ2n) is 11.5. The van der Waals surface area contributed by atoms with Crippen LogP contribution in [0.25, 0.3) is 0 Å². The molecule has 0 aliphatic carbocycles. The van der Waals surface area contributed by atoms with E-state index in [0.717, 1.165) is 64.2 Å². The first-order valence-electron chi connectivity index (χ1n) is 14.1. The fourth-order valence-corrected chi connectivity index (χ4v) is 7.77. The molecule has 4 unspecified atom stereocenters. The molecular formula is C27H38N2O6. The molecule has 0 radical (unpaired) electrons. The molecule has 8 atom stereocenters. The second-order valence-corrected chi connectivity index (χ2v) is 11.5. The predicted molar refractivity (Wildman–Crippen MR) is 125 cm³/mol. The maximum atomic E-state index is 12.7. The van der Waals surface area contributed by atoms with Crippen molar-refractivity contribution < 1.29 is 28.7 Å². The Bertz CT molecular complexity index is 765. The Morgan fingerprint density at radius 3 is 1.00 bits per heavy atom. The van der Waals surface area contributed by atoms with Crippen LogP contribution in [0.4, 0.5) is 0 Å². The van der Waals surface area contributed by atoms with E-state index in [9.17, 15) is 19.2 Å². The Balaban J connectivity index is 0.801. The molecule has 6 aliphatic rings. The highest BCUT2D eigenvalue weighted by Gasteiger charge is 2.63. The zero-order chi connectivity index (χ0) is 24.1. The third kappa shape index (κ3) is 3.95. The van der Waals surface area contributed by atoms with Crippen molar-refractivity contribution in [2.45, 2.75) is 108 Å². The molecule has 6 heterocycles. The molecule has 35 heavy (non-hydrogen) atoms. The summed E-state index contributed by atoms with van der Waals surface area (Å²) >= 11 is 0. The van der Waals surface area contributed by atoms with Crippen molar-refractivity contribution in [3.8, 4) is 0 Å². The van der Waals surface area contributed by atoms with E-state index in [2.05, 4.69) is 0 Å². The average molecular weight is 487 g/mol. The lowest BCUT2D eigenvalue weighted by Gasteiger charge is -2.17. The minimum absolute atomic E-state index is 0.00780. The van der Waals surface area contributed by atoms with Crippen LogP contribution in [-0.4, -0.2) is 70.9 Å². The SMILES string of the molecule is O=C1C2C(C(=O)N1CCCCCCCCCCCN1C(=O)C3C(C1=O)[C@H]1CC[C@H]3O1)[C@@H]1CC[C@@H]2O1. The summed E-state index contributed by atoms with van der Waals surface area (Å²) in [6.07, 6.45) is 13.2. The Labute approximate surface area is 207 Å². The molecule has 8 heteroatoms. The number of amides is 4. The minimum Gasteiger partial charge on any atom is -0.373 e. The van der Waals surface area contributed by atoms with Crippen LogP contribution < -0.4 is 0 Å². The lowest BCUT2D eigenvalue weighted by molar-refractivity contribution is -0.144. The summed E-state index contributed by atoms with van der Waals surface area (Å²) in [6, 6.07) is 0. The van der Waals surface area contributed by atoms with E-state index in [1.54, 1.807) is 0 Å². The molecule has 0 aromatic rings. The third-order valence-corrected chi connectivity index (χ3v) is 9.51. The van der Waals surface area contributed by atoms with E-state index in [-0.39, 0.29) is 71.7 Å². The lowest BCUT2D eigenvalue weighted by atomic mass is 9.81. The Morgan fingerprint density at radius 1 is 0.457 bits per heavy atom. The second kappa shape index (κ2) is 9.58. The molecule has 4 bridgehead atoms. The molecule has 6 saturated heterocycles. The number of ether oxygens (including phenoxy) is 2. The van der Waals surface area contributed by atoms with Crippen LogP contribution in [0.2, 0.25) is 0 Å². The van der Waals surface area contributed by atoms with E-state index >= 15 is 0 Å². The topological polar surface area (TPSA) is 93.2 Å². The number of carbonyl (C=O) groups is 4. The van der Waals surface area contributed by atoms with Gasteiger partial charge in [-0.05, 0) is 38.5 Å². The molecule has 0 aromatic heterocycles. The highest BCUT2D eigenvalue weighted by atomic mass is 16.5. The van der Waals surface area contributed by atoms with Crippen molar-refractivity contribution in [3.05, 3.63) is 0 Å². The van der Waals surface area contributed by atoms with Crippen molar-refractivity contribution in [1.29, 1.82) is 0 Å². The number of likely N-dealkylation sites (tertiary alicyclic amines) is 2. The van der Waals surface area contributed by atoms with Crippen LogP contribution in [0.5, 0.6) is 0 Å². The maximum absolute atomic E-state index is 12.7. The zero-order valence-electron chi connectivity index (χ0n) is 20.6. The van der Waals surface area contributed by atoms with Crippen molar-refractivity contribution >= 4 is 23.6 Å². The molecule has 0 N–H and O–H groups in total. The number of carbonyl (C=O) groups excluding carboxylic acids is 4. The number of nitrogens with zero attached hydrogens (tertiary/aromatic N) is 2. The van der Waals surface area contributed by atoms with Gasteiger partial charge in [-0.3, -0.25) is 29.0 Å². The predicted octanol–water partition coefficient (Wildman–Crippen LogP) is 2.82. The fourth-order valence-electron chi connectivity index (χ4n) is 7.77. The van der Waals surface area contributed by atoms with Gasteiger partial charge in [0.2, 0.25) is 23.6 Å². The largest absolute Gasteiger partial charge is 0.373 e. The third-order valence-electron chi connectivity index (χ3n) is 9.51. The van der Waals surface area contributed by atoms with Crippen LogP contribution in [0, 0.1) is 23.7 Å². The summed E-state index contributed by atoms with van der Waals surface area (Å²) < 4.78 is 11.6. The van der Waals surface area contributed by atoms with Crippen LogP contribution in [0.15, 0.2) is 0 Å². The minimum atomic E-state index is -0.202. The van der Waals surface area contributed by atoms with Gasteiger partial charge in [0, 0.05) is 13.1 Å². The molecule has 192 valence electrons. The lowest BCUT2D eigenvalue weighted by Crippen LogP contribution is -2.35. The highest BCUT2D eigenvalue weighted by Crippen LogP contribution is 2.49. The first kappa shape index (κ1) is 23.6. The quantitative estimate of drug-likeness (QED) is 0.311. The number of hydrogen-bond donors (Lipinski definition) is 0. The molecule has 0 aromatic carbocycles. The van der Waals surface area contributed by atoms with Gasteiger partial charge in [-0.15, -0.1) is 0 Å². The van der Waals surface area contributed by atoms with Crippen molar-refractivity contribution in [2.75, 3.05) is 13.1 Å². The molecule has 6 fully saturated rings. The van der Waals surface area contributed by atoms with Crippen LogP contribution in [-0.2, 0) is 28.7 Å². The Morgan fingerprint density at radius 2 is 0.714 bits per heavy atom. The van der Waals surface area contributed by atoms with Crippen LogP contribution >= 0.6 is 0 Å². The summed E-state index contributed by atoms with van der Waals surface area (Å²) in [5.74, 6) is -0.777. The van der Waals surface area contributed by atoms with Gasteiger partial charge in [0.05, 0.1) is 48.1 Å². The van der Waals surface area contributed by atoms with E-state index < -0.39 is 0 Å². The number of hydrogen-bond acceptors (Lipinski definition) is 6. The molecule has 6 aliphatic heterocycles. The molecule has 0 spiro atoms. The number of unbranched alkanes of at least 4 members (excludes halogenated alkanes) is 8. The zero-order valence-corrected chi connectivity index (χ0v) is 20.6. The molecule has 4 amide bonds. The molecule has 8 nitrogen and oxygen atoms in total. The Kier molecular flexibility index (Phi) is 6.46. The van der Waals surface area contributed by atoms with Gasteiger partial charge in [0.25, 0.3) is 0 Å². The van der Waals surface area contributed by atoms with Crippen molar-refractivity contribution in [2.24, 2.45) is 23.7 Å². The summed E-state index contributed by atoms with van der Waals surface area (Å²) in [4.78, 5) is 53.7. The van der Waals surface area contributed by atoms with Gasteiger partial charge < -0.3 is 9.47 Å². The fraction of sp³-hybridized carbons (Fsp3) is 0.852. The van der Waals surface area contributed by atoms with E-state index in [4.69, 9.17) is 9.47 Å².